The Hall–Kier alpha value is -4.31. The van der Waals surface area contributed by atoms with Gasteiger partial charge in [0, 0.05) is 0 Å². The standard InChI is InChI=1S/C29H30N2O7S/c1-5-36-19-12-8-17(9-13-19)16-21-26(32)31-25(30)23(29(34)38-7-3)22(24(27(31)39-21)28(33)35-4)18-10-14-20(15-11-18)37-6-2/h8-16,22H,5-7,30H2,1-4H3/t22-/m1/s1. The minimum Gasteiger partial charge on any atom is -0.494 e. The van der Waals surface area contributed by atoms with Gasteiger partial charge in [0.15, 0.2) is 0 Å². The molecule has 0 saturated heterocycles. The monoisotopic (exact) mass is 550 g/mol. The van der Waals surface area contributed by atoms with Crippen LogP contribution in [0.2, 0.25) is 0 Å². The van der Waals surface area contributed by atoms with Crippen LogP contribution in [0.1, 0.15) is 37.8 Å². The Morgan fingerprint density at radius 2 is 1.49 bits per heavy atom. The number of rotatable bonds is 9. The minimum atomic E-state index is -0.927. The number of ether oxygens (including phenoxy) is 4. The van der Waals surface area contributed by atoms with Crippen LogP contribution >= 0.6 is 11.3 Å². The van der Waals surface area contributed by atoms with E-state index in [0.29, 0.717) is 34.8 Å². The molecule has 204 valence electrons. The maximum Gasteiger partial charge on any atom is 0.338 e. The van der Waals surface area contributed by atoms with E-state index in [-0.39, 0.29) is 28.2 Å². The van der Waals surface area contributed by atoms with Gasteiger partial charge in [-0.05, 0) is 62.2 Å². The van der Waals surface area contributed by atoms with E-state index in [9.17, 15) is 14.4 Å². The van der Waals surface area contributed by atoms with Gasteiger partial charge in [-0.15, -0.1) is 11.3 Å². The van der Waals surface area contributed by atoms with Crippen molar-refractivity contribution in [3.8, 4) is 11.5 Å². The number of carbonyl (C=O) groups excluding carboxylic acids is 2. The molecule has 0 saturated carbocycles. The third-order valence-electron chi connectivity index (χ3n) is 6.06. The molecule has 10 heteroatoms. The SMILES string of the molecule is CCOC(=O)C1=C(N)n2c(sc(=Cc3ccc(OCC)cc3)c2=O)=C(C(=O)OC)[C@@H]1c1ccc(OCC)cc1. The van der Waals surface area contributed by atoms with E-state index in [0.717, 1.165) is 16.9 Å². The van der Waals surface area contributed by atoms with Gasteiger partial charge in [0.05, 0.1) is 48.5 Å². The van der Waals surface area contributed by atoms with Crippen LogP contribution in [-0.2, 0) is 19.1 Å². The summed E-state index contributed by atoms with van der Waals surface area (Å²) in [4.78, 5) is 40.1. The van der Waals surface area contributed by atoms with Crippen molar-refractivity contribution in [2.24, 2.45) is 5.73 Å². The fourth-order valence-electron chi connectivity index (χ4n) is 4.40. The number of fused-ring (bicyclic) bond motifs is 1. The number of nitrogens with zero attached hydrogens (tertiary/aromatic N) is 1. The molecule has 0 aliphatic carbocycles. The van der Waals surface area contributed by atoms with Gasteiger partial charge in [0.2, 0.25) is 0 Å². The third-order valence-corrected chi connectivity index (χ3v) is 7.17. The number of benzene rings is 2. The van der Waals surface area contributed by atoms with Crippen molar-refractivity contribution in [3.63, 3.8) is 0 Å². The smallest absolute Gasteiger partial charge is 0.338 e. The lowest BCUT2D eigenvalue weighted by molar-refractivity contribution is -0.138. The van der Waals surface area contributed by atoms with Gasteiger partial charge in [0.1, 0.15) is 22.0 Å². The van der Waals surface area contributed by atoms with Crippen molar-refractivity contribution in [3.05, 3.63) is 84.8 Å². The summed E-state index contributed by atoms with van der Waals surface area (Å²) < 4.78 is 23.3. The maximum atomic E-state index is 13.6. The third kappa shape index (κ3) is 5.46. The van der Waals surface area contributed by atoms with Crippen molar-refractivity contribution in [2.75, 3.05) is 26.9 Å². The lowest BCUT2D eigenvalue weighted by Gasteiger charge is -2.27. The van der Waals surface area contributed by atoms with Gasteiger partial charge >= 0.3 is 11.9 Å². The highest BCUT2D eigenvalue weighted by Gasteiger charge is 2.39. The van der Waals surface area contributed by atoms with Crippen LogP contribution in [0, 0.1) is 0 Å². The summed E-state index contributed by atoms with van der Waals surface area (Å²) in [5, 5.41) is 0. The first kappa shape index (κ1) is 27.7. The quantitative estimate of drug-likeness (QED) is 0.404. The van der Waals surface area contributed by atoms with Crippen LogP contribution in [-0.4, -0.2) is 43.4 Å². The zero-order valence-electron chi connectivity index (χ0n) is 22.2. The normalized spacial score (nSPS) is 15.1. The molecule has 0 bridgehead atoms. The number of thiazole rings is 1. The molecule has 4 rings (SSSR count). The molecular weight excluding hydrogens is 520 g/mol. The number of hydrogen-bond donors (Lipinski definition) is 1. The number of esters is 2. The lowest BCUT2D eigenvalue weighted by atomic mass is 9.83. The highest BCUT2D eigenvalue weighted by Crippen LogP contribution is 2.38. The van der Waals surface area contributed by atoms with E-state index in [4.69, 9.17) is 24.7 Å². The first-order chi connectivity index (χ1) is 18.8. The highest BCUT2D eigenvalue weighted by atomic mass is 32.1. The van der Waals surface area contributed by atoms with E-state index >= 15 is 0 Å². The summed E-state index contributed by atoms with van der Waals surface area (Å²) >= 11 is 1.10. The summed E-state index contributed by atoms with van der Waals surface area (Å²) in [7, 11) is 1.25. The van der Waals surface area contributed by atoms with Crippen LogP contribution in [0.25, 0.3) is 17.5 Å². The van der Waals surface area contributed by atoms with Crippen LogP contribution < -0.4 is 30.0 Å². The second-order valence-electron chi connectivity index (χ2n) is 8.42. The lowest BCUT2D eigenvalue weighted by Crippen LogP contribution is -2.41. The van der Waals surface area contributed by atoms with E-state index in [1.165, 1.54) is 11.7 Å². The van der Waals surface area contributed by atoms with Crippen molar-refractivity contribution in [1.29, 1.82) is 0 Å². The van der Waals surface area contributed by atoms with Crippen molar-refractivity contribution < 1.29 is 28.5 Å². The van der Waals surface area contributed by atoms with Crippen molar-refractivity contribution in [1.82, 2.24) is 4.57 Å². The molecule has 9 nitrogen and oxygen atoms in total. The zero-order chi connectivity index (χ0) is 28.1. The summed E-state index contributed by atoms with van der Waals surface area (Å²) in [5.74, 6) is -1.10. The highest BCUT2D eigenvalue weighted by molar-refractivity contribution is 7.07. The van der Waals surface area contributed by atoms with Crippen LogP contribution in [0.15, 0.2) is 58.9 Å². The Morgan fingerprint density at radius 3 is 2.03 bits per heavy atom. The average Bonchev–Trinajstić information content (AvgIpc) is 3.25. The average molecular weight is 551 g/mol. The molecule has 0 unspecified atom stereocenters. The molecule has 2 aromatic carbocycles. The molecular formula is C29H30N2O7S. The number of methoxy groups -OCH3 is 1. The molecule has 0 amide bonds. The summed E-state index contributed by atoms with van der Waals surface area (Å²) in [6, 6.07) is 14.2. The van der Waals surface area contributed by atoms with Gasteiger partial charge < -0.3 is 24.7 Å². The van der Waals surface area contributed by atoms with Crippen molar-refractivity contribution in [2.45, 2.75) is 26.7 Å². The number of aromatic nitrogens is 1. The Morgan fingerprint density at radius 1 is 0.897 bits per heavy atom. The van der Waals surface area contributed by atoms with Gasteiger partial charge in [-0.3, -0.25) is 9.36 Å². The molecule has 3 aromatic rings. The topological polar surface area (TPSA) is 119 Å². The number of nitrogens with two attached hydrogens (primary N) is 1. The van der Waals surface area contributed by atoms with Crippen molar-refractivity contribution >= 4 is 40.7 Å². The number of hydrogen-bond acceptors (Lipinski definition) is 9. The Balaban J connectivity index is 2.01. The van der Waals surface area contributed by atoms with E-state index in [1.807, 2.05) is 38.1 Å². The summed E-state index contributed by atoms with van der Waals surface area (Å²) in [6.07, 6.45) is 1.70. The molecule has 0 spiro atoms. The Kier molecular flexibility index (Phi) is 8.55. The molecule has 2 N–H and O–H groups in total. The van der Waals surface area contributed by atoms with Crippen LogP contribution in [0.3, 0.4) is 0 Å². The fourth-order valence-corrected chi connectivity index (χ4v) is 5.56. The molecule has 1 aromatic heterocycles. The zero-order valence-corrected chi connectivity index (χ0v) is 23.0. The van der Waals surface area contributed by atoms with Gasteiger partial charge in [-0.2, -0.15) is 0 Å². The fraction of sp³-hybridized carbons (Fsp3) is 0.276. The van der Waals surface area contributed by atoms with Gasteiger partial charge in [-0.1, -0.05) is 24.3 Å². The van der Waals surface area contributed by atoms with Gasteiger partial charge in [0.25, 0.3) is 5.56 Å². The second-order valence-corrected chi connectivity index (χ2v) is 9.45. The van der Waals surface area contributed by atoms with E-state index < -0.39 is 23.4 Å². The number of carbonyl (C=O) groups is 2. The maximum absolute atomic E-state index is 13.6. The Labute approximate surface area is 229 Å². The van der Waals surface area contributed by atoms with E-state index in [1.54, 1.807) is 37.3 Å². The summed E-state index contributed by atoms with van der Waals surface area (Å²) in [5.41, 5.74) is 7.51. The second kappa shape index (κ2) is 12.0. The molecule has 0 fully saturated rings. The molecule has 1 aliphatic rings. The molecule has 1 aliphatic heterocycles. The minimum absolute atomic E-state index is 0.0126. The first-order valence-electron chi connectivity index (χ1n) is 12.5. The molecule has 1 atom stereocenters. The predicted octanol–water partition coefficient (Wildman–Crippen LogP) is 2.35. The predicted molar refractivity (Wildman–Crippen MR) is 149 cm³/mol. The molecule has 0 radical (unpaired) electrons. The summed E-state index contributed by atoms with van der Waals surface area (Å²) in [6.45, 7) is 6.55. The Bertz CT molecular complexity index is 1580. The van der Waals surface area contributed by atoms with Crippen LogP contribution in [0.4, 0.5) is 0 Å². The van der Waals surface area contributed by atoms with E-state index in [2.05, 4.69) is 0 Å². The van der Waals surface area contributed by atoms with Gasteiger partial charge in [-0.25, -0.2) is 9.59 Å². The molecule has 2 heterocycles. The first-order valence-corrected chi connectivity index (χ1v) is 13.3. The van der Waals surface area contributed by atoms with Crippen LogP contribution in [0.5, 0.6) is 11.5 Å². The molecule has 39 heavy (non-hydrogen) atoms. The largest absolute Gasteiger partial charge is 0.494 e.